The third kappa shape index (κ3) is 3.65. The molecular formula is C14H23N3O2Si. The van der Waals surface area contributed by atoms with Crippen molar-refractivity contribution in [3.05, 3.63) is 24.2 Å². The van der Waals surface area contributed by atoms with Gasteiger partial charge in [0.15, 0.2) is 0 Å². The van der Waals surface area contributed by atoms with Crippen molar-refractivity contribution >= 4 is 19.0 Å². The molecule has 0 aromatic carbocycles. The van der Waals surface area contributed by atoms with E-state index in [-0.39, 0.29) is 0 Å². The van der Waals surface area contributed by atoms with E-state index in [0.29, 0.717) is 6.73 Å². The largest absolute Gasteiger partial charge is 0.389 e. The van der Waals surface area contributed by atoms with Crippen LogP contribution in [0.2, 0.25) is 25.7 Å². The Morgan fingerprint density at radius 1 is 1.30 bits per heavy atom. The standard InChI is InChI=1S/C14H23N3O2Si/c1-11(18)13-9-15-7-12-8-16-17(14(12)13)10-19-5-6-20(2,3)4/h7-9,11,18H,5-6,10H2,1-4H3. The summed E-state index contributed by atoms with van der Waals surface area (Å²) in [5.74, 6) is 0. The van der Waals surface area contributed by atoms with Crippen molar-refractivity contribution in [1.82, 2.24) is 14.8 Å². The van der Waals surface area contributed by atoms with Crippen LogP contribution in [0.25, 0.3) is 10.9 Å². The quantitative estimate of drug-likeness (QED) is 0.657. The van der Waals surface area contributed by atoms with Crippen LogP contribution >= 0.6 is 0 Å². The van der Waals surface area contributed by atoms with E-state index in [1.165, 1.54) is 0 Å². The van der Waals surface area contributed by atoms with E-state index in [1.807, 2.05) is 0 Å². The van der Waals surface area contributed by atoms with Gasteiger partial charge in [-0.3, -0.25) is 4.98 Å². The van der Waals surface area contributed by atoms with E-state index in [4.69, 9.17) is 4.74 Å². The minimum atomic E-state index is -1.07. The van der Waals surface area contributed by atoms with Gasteiger partial charge in [-0.25, -0.2) is 4.68 Å². The fraction of sp³-hybridized carbons (Fsp3) is 0.571. The van der Waals surface area contributed by atoms with Crippen LogP contribution in [-0.4, -0.2) is 34.6 Å². The molecule has 2 aromatic heterocycles. The smallest absolute Gasteiger partial charge is 0.140 e. The summed E-state index contributed by atoms with van der Waals surface area (Å²) in [6.07, 6.45) is 4.64. The third-order valence-electron chi connectivity index (χ3n) is 3.23. The van der Waals surface area contributed by atoms with Gasteiger partial charge in [0.05, 0.1) is 17.8 Å². The Morgan fingerprint density at radius 3 is 2.70 bits per heavy atom. The molecule has 0 radical (unpaired) electrons. The lowest BCUT2D eigenvalue weighted by atomic mass is 10.1. The molecule has 6 heteroatoms. The first-order valence-electron chi connectivity index (χ1n) is 6.94. The topological polar surface area (TPSA) is 60.2 Å². The summed E-state index contributed by atoms with van der Waals surface area (Å²) in [6.45, 7) is 9.90. The first kappa shape index (κ1) is 15.2. The molecule has 0 fully saturated rings. The van der Waals surface area contributed by atoms with Gasteiger partial charge in [0.25, 0.3) is 0 Å². The van der Waals surface area contributed by atoms with Crippen LogP contribution in [0.5, 0.6) is 0 Å². The van der Waals surface area contributed by atoms with E-state index >= 15 is 0 Å². The van der Waals surface area contributed by atoms with Gasteiger partial charge >= 0.3 is 0 Å². The van der Waals surface area contributed by atoms with Crippen molar-refractivity contribution < 1.29 is 9.84 Å². The maximum atomic E-state index is 9.83. The number of aromatic nitrogens is 3. The maximum Gasteiger partial charge on any atom is 0.140 e. The number of nitrogens with zero attached hydrogens (tertiary/aromatic N) is 3. The Bertz CT molecular complexity index is 575. The van der Waals surface area contributed by atoms with Gasteiger partial charge in [-0.05, 0) is 13.0 Å². The summed E-state index contributed by atoms with van der Waals surface area (Å²) in [7, 11) is -1.07. The second kappa shape index (κ2) is 6.03. The highest BCUT2D eigenvalue weighted by molar-refractivity contribution is 6.76. The van der Waals surface area contributed by atoms with E-state index in [1.54, 1.807) is 30.2 Å². The Kier molecular flexibility index (Phi) is 4.57. The second-order valence-electron chi connectivity index (χ2n) is 6.33. The highest BCUT2D eigenvalue weighted by Crippen LogP contribution is 2.22. The van der Waals surface area contributed by atoms with E-state index < -0.39 is 14.2 Å². The molecule has 0 saturated heterocycles. The van der Waals surface area contributed by atoms with Crippen LogP contribution in [0, 0.1) is 0 Å². The molecule has 0 spiro atoms. The molecule has 1 unspecified atom stereocenters. The predicted octanol–water partition coefficient (Wildman–Crippen LogP) is 2.80. The van der Waals surface area contributed by atoms with Gasteiger partial charge < -0.3 is 9.84 Å². The zero-order valence-corrected chi connectivity index (χ0v) is 13.6. The van der Waals surface area contributed by atoms with Crippen molar-refractivity contribution in [3.8, 4) is 0 Å². The summed E-state index contributed by atoms with van der Waals surface area (Å²) in [6, 6.07) is 1.14. The van der Waals surface area contributed by atoms with E-state index in [0.717, 1.165) is 29.1 Å². The fourth-order valence-electron chi connectivity index (χ4n) is 2.00. The molecule has 0 bridgehead atoms. The molecule has 0 aliphatic carbocycles. The van der Waals surface area contributed by atoms with Crippen LogP contribution in [0.4, 0.5) is 0 Å². The van der Waals surface area contributed by atoms with Crippen LogP contribution in [-0.2, 0) is 11.5 Å². The molecule has 1 N–H and O–H groups in total. The first-order chi connectivity index (χ1) is 9.38. The van der Waals surface area contributed by atoms with Crippen molar-refractivity contribution in [3.63, 3.8) is 0 Å². The lowest BCUT2D eigenvalue weighted by Crippen LogP contribution is -2.22. The Hall–Kier alpha value is -1.24. The summed E-state index contributed by atoms with van der Waals surface area (Å²) < 4.78 is 7.52. The van der Waals surface area contributed by atoms with Gasteiger partial charge in [-0.15, -0.1) is 0 Å². The van der Waals surface area contributed by atoms with Crippen molar-refractivity contribution in [2.24, 2.45) is 0 Å². The summed E-state index contributed by atoms with van der Waals surface area (Å²) in [5.41, 5.74) is 1.69. The highest BCUT2D eigenvalue weighted by atomic mass is 28.3. The molecule has 0 aliphatic heterocycles. The molecule has 20 heavy (non-hydrogen) atoms. The zero-order chi connectivity index (χ0) is 14.8. The van der Waals surface area contributed by atoms with Gasteiger partial charge in [-0.2, -0.15) is 5.10 Å². The van der Waals surface area contributed by atoms with Crippen molar-refractivity contribution in [2.45, 2.75) is 45.4 Å². The summed E-state index contributed by atoms with van der Waals surface area (Å²) in [5, 5.41) is 15.1. The minimum absolute atomic E-state index is 0.414. The van der Waals surface area contributed by atoms with Crippen molar-refractivity contribution in [2.75, 3.05) is 6.61 Å². The third-order valence-corrected chi connectivity index (χ3v) is 4.93. The number of aliphatic hydroxyl groups excluding tert-OH is 1. The average molecular weight is 293 g/mol. The predicted molar refractivity (Wildman–Crippen MR) is 82.3 cm³/mol. The second-order valence-corrected chi connectivity index (χ2v) is 12.0. The van der Waals surface area contributed by atoms with Crippen LogP contribution in [0.15, 0.2) is 18.6 Å². The number of ether oxygens (including phenoxy) is 1. The molecule has 0 saturated carbocycles. The Labute approximate surface area is 120 Å². The molecule has 110 valence electrons. The van der Waals surface area contributed by atoms with E-state index in [9.17, 15) is 5.11 Å². The number of fused-ring (bicyclic) bond motifs is 1. The molecule has 2 heterocycles. The number of hydrogen-bond donors (Lipinski definition) is 1. The Balaban J connectivity index is 2.11. The summed E-state index contributed by atoms with van der Waals surface area (Å²) >= 11 is 0. The van der Waals surface area contributed by atoms with Gasteiger partial charge in [0.1, 0.15) is 6.73 Å². The monoisotopic (exact) mass is 293 g/mol. The van der Waals surface area contributed by atoms with Gasteiger partial charge in [-0.1, -0.05) is 19.6 Å². The number of aliphatic hydroxyl groups is 1. The number of hydrogen-bond acceptors (Lipinski definition) is 4. The van der Waals surface area contributed by atoms with Crippen LogP contribution in [0.1, 0.15) is 18.6 Å². The molecule has 5 nitrogen and oxygen atoms in total. The normalized spacial score (nSPS) is 13.8. The molecule has 0 amide bonds. The SMILES string of the molecule is CC(O)c1cncc2cnn(COCC[Si](C)(C)C)c12. The lowest BCUT2D eigenvalue weighted by Gasteiger charge is -2.16. The number of pyridine rings is 1. The van der Waals surface area contributed by atoms with Crippen molar-refractivity contribution in [1.29, 1.82) is 0 Å². The molecule has 0 aliphatic rings. The van der Waals surface area contributed by atoms with Gasteiger partial charge in [0, 0.05) is 38.0 Å². The van der Waals surface area contributed by atoms with Gasteiger partial charge in [0.2, 0.25) is 0 Å². The average Bonchev–Trinajstić information content (AvgIpc) is 2.76. The van der Waals surface area contributed by atoms with Crippen LogP contribution in [0.3, 0.4) is 0 Å². The maximum absolute atomic E-state index is 9.83. The molecule has 2 rings (SSSR count). The zero-order valence-electron chi connectivity index (χ0n) is 12.6. The van der Waals surface area contributed by atoms with Crippen LogP contribution < -0.4 is 0 Å². The van der Waals surface area contributed by atoms with E-state index in [2.05, 4.69) is 29.7 Å². The number of rotatable bonds is 6. The molecular weight excluding hydrogens is 270 g/mol. The molecule has 2 aromatic rings. The minimum Gasteiger partial charge on any atom is -0.389 e. The lowest BCUT2D eigenvalue weighted by molar-refractivity contribution is 0.0812. The fourth-order valence-corrected chi connectivity index (χ4v) is 2.76. The Morgan fingerprint density at radius 2 is 2.05 bits per heavy atom. The highest BCUT2D eigenvalue weighted by Gasteiger charge is 2.14. The summed E-state index contributed by atoms with van der Waals surface area (Å²) in [4.78, 5) is 4.13. The first-order valence-corrected chi connectivity index (χ1v) is 10.6. The molecule has 1 atom stereocenters.